The average Bonchev–Trinajstić information content (AvgIpc) is 2.89. The summed E-state index contributed by atoms with van der Waals surface area (Å²) in [5, 5.41) is 3.04. The van der Waals surface area contributed by atoms with Gasteiger partial charge in [0, 0.05) is 31.9 Å². The molecule has 7 nitrogen and oxygen atoms in total. The summed E-state index contributed by atoms with van der Waals surface area (Å²) in [6, 6.07) is 21.8. The lowest BCUT2D eigenvalue weighted by atomic mass is 10.1. The molecule has 36 heavy (non-hydrogen) atoms. The van der Waals surface area contributed by atoms with E-state index in [0.29, 0.717) is 38.5 Å². The Hall–Kier alpha value is -4.13. The van der Waals surface area contributed by atoms with Gasteiger partial charge in [-0.1, -0.05) is 54.1 Å². The van der Waals surface area contributed by atoms with E-state index < -0.39 is 0 Å². The molecule has 3 aromatic carbocycles. The average molecular weight is 482 g/mol. The number of hydrogen-bond acceptors (Lipinski definition) is 4. The molecule has 1 saturated heterocycles. The number of aromatic nitrogens is 2. The van der Waals surface area contributed by atoms with Crippen molar-refractivity contribution in [1.29, 1.82) is 0 Å². The first-order valence-corrected chi connectivity index (χ1v) is 12.3. The van der Waals surface area contributed by atoms with E-state index in [0.717, 1.165) is 33.4 Å². The van der Waals surface area contributed by atoms with Crippen LogP contribution in [0.2, 0.25) is 0 Å². The van der Waals surface area contributed by atoms with Crippen LogP contribution in [0.3, 0.4) is 0 Å². The molecule has 2 heterocycles. The highest BCUT2D eigenvalue weighted by atomic mass is 16.2. The predicted molar refractivity (Wildman–Crippen MR) is 145 cm³/mol. The molecule has 1 N–H and O–H groups in total. The number of nitrogens with zero attached hydrogens (tertiary/aromatic N) is 4. The van der Waals surface area contributed by atoms with Crippen molar-refractivity contribution >= 4 is 28.6 Å². The number of amides is 2. The number of carbonyl (C=O) groups excluding carboxylic acids is 1. The van der Waals surface area contributed by atoms with E-state index in [2.05, 4.69) is 36.5 Å². The minimum Gasteiger partial charge on any atom is -0.348 e. The lowest BCUT2D eigenvalue weighted by molar-refractivity contribution is 0.208. The van der Waals surface area contributed by atoms with Gasteiger partial charge in [-0.05, 0) is 55.7 Å². The summed E-state index contributed by atoms with van der Waals surface area (Å²) in [5.41, 5.74) is 6.79. The third-order valence-corrected chi connectivity index (χ3v) is 7.01. The number of para-hydroxylation sites is 2. The molecule has 184 valence electrons. The first-order chi connectivity index (χ1) is 17.4. The van der Waals surface area contributed by atoms with Gasteiger partial charge in [-0.15, -0.1) is 0 Å². The number of fused-ring (bicyclic) bond motifs is 1. The molecule has 0 radical (unpaired) electrons. The standard InChI is InChI=1S/C29H31N5O2/c1-20-11-13-23(14-12-20)19-34-26-10-5-4-8-25(26)30-27(28(34)35)32-15-17-33(18-16-32)29(36)31-24-9-6-7-21(2)22(24)3/h4-14H,15-19H2,1-3H3,(H,31,36). The van der Waals surface area contributed by atoms with E-state index in [9.17, 15) is 9.59 Å². The zero-order chi connectivity index (χ0) is 25.2. The van der Waals surface area contributed by atoms with Crippen LogP contribution in [0.1, 0.15) is 22.3 Å². The maximum atomic E-state index is 13.6. The number of benzene rings is 3. The second-order valence-electron chi connectivity index (χ2n) is 9.45. The number of urea groups is 1. The lowest BCUT2D eigenvalue weighted by Gasteiger charge is -2.35. The number of nitrogens with one attached hydrogen (secondary N) is 1. The van der Waals surface area contributed by atoms with Gasteiger partial charge in [-0.3, -0.25) is 9.36 Å². The lowest BCUT2D eigenvalue weighted by Crippen LogP contribution is -2.51. The van der Waals surface area contributed by atoms with Crippen LogP contribution in [0.5, 0.6) is 0 Å². The number of aryl methyl sites for hydroxylation is 2. The molecule has 1 aliphatic rings. The van der Waals surface area contributed by atoms with Crippen LogP contribution >= 0.6 is 0 Å². The summed E-state index contributed by atoms with van der Waals surface area (Å²) in [6.07, 6.45) is 0. The van der Waals surface area contributed by atoms with E-state index in [4.69, 9.17) is 4.98 Å². The highest BCUT2D eigenvalue weighted by Crippen LogP contribution is 2.20. The van der Waals surface area contributed by atoms with E-state index in [1.54, 1.807) is 4.90 Å². The Morgan fingerprint density at radius 2 is 1.61 bits per heavy atom. The Bertz CT molecular complexity index is 1470. The molecule has 4 aromatic rings. The molecule has 0 aliphatic carbocycles. The molecule has 1 aromatic heterocycles. The number of rotatable bonds is 4. The molecule has 1 fully saturated rings. The van der Waals surface area contributed by atoms with Crippen molar-refractivity contribution in [3.8, 4) is 0 Å². The van der Waals surface area contributed by atoms with E-state index in [-0.39, 0.29) is 11.6 Å². The zero-order valence-corrected chi connectivity index (χ0v) is 21.0. The molecule has 0 saturated carbocycles. The van der Waals surface area contributed by atoms with Gasteiger partial charge in [-0.25, -0.2) is 9.78 Å². The van der Waals surface area contributed by atoms with Crippen LogP contribution in [0, 0.1) is 20.8 Å². The minimum absolute atomic E-state index is 0.109. The normalized spacial score (nSPS) is 13.8. The summed E-state index contributed by atoms with van der Waals surface area (Å²) >= 11 is 0. The second-order valence-corrected chi connectivity index (χ2v) is 9.45. The van der Waals surface area contributed by atoms with Crippen molar-refractivity contribution in [2.45, 2.75) is 27.3 Å². The first-order valence-electron chi connectivity index (χ1n) is 12.3. The summed E-state index contributed by atoms with van der Waals surface area (Å²) in [5.74, 6) is 0.440. The maximum absolute atomic E-state index is 13.6. The Kier molecular flexibility index (Phi) is 6.46. The molecule has 0 spiro atoms. The monoisotopic (exact) mass is 481 g/mol. The molecule has 0 unspecified atom stereocenters. The Balaban J connectivity index is 1.36. The summed E-state index contributed by atoms with van der Waals surface area (Å²) in [6.45, 7) is 8.70. The Morgan fingerprint density at radius 3 is 2.36 bits per heavy atom. The number of anilines is 2. The topological polar surface area (TPSA) is 70.5 Å². The largest absolute Gasteiger partial charge is 0.348 e. The van der Waals surface area contributed by atoms with Crippen molar-refractivity contribution in [2.24, 2.45) is 0 Å². The zero-order valence-electron chi connectivity index (χ0n) is 21.0. The van der Waals surface area contributed by atoms with Crippen molar-refractivity contribution in [2.75, 3.05) is 36.4 Å². The molecule has 7 heteroatoms. The predicted octanol–water partition coefficient (Wildman–Crippen LogP) is 4.72. The van der Waals surface area contributed by atoms with E-state index in [1.807, 2.05) is 65.8 Å². The fraction of sp³-hybridized carbons (Fsp3) is 0.276. The fourth-order valence-corrected chi connectivity index (χ4v) is 4.62. The maximum Gasteiger partial charge on any atom is 0.321 e. The SMILES string of the molecule is Cc1ccc(Cn2c(=O)c(N3CCN(C(=O)Nc4cccc(C)c4C)CC3)nc3ccccc32)cc1. The van der Waals surface area contributed by atoms with Gasteiger partial charge >= 0.3 is 6.03 Å². The van der Waals surface area contributed by atoms with Gasteiger partial charge < -0.3 is 15.1 Å². The highest BCUT2D eigenvalue weighted by molar-refractivity contribution is 5.90. The van der Waals surface area contributed by atoms with Crippen molar-refractivity contribution < 1.29 is 4.79 Å². The summed E-state index contributed by atoms with van der Waals surface area (Å²) < 4.78 is 1.81. The highest BCUT2D eigenvalue weighted by Gasteiger charge is 2.25. The Labute approximate surface area is 211 Å². The fourth-order valence-electron chi connectivity index (χ4n) is 4.62. The molecule has 0 atom stereocenters. The van der Waals surface area contributed by atoms with Gasteiger partial charge in [0.1, 0.15) is 0 Å². The van der Waals surface area contributed by atoms with Gasteiger partial charge in [0.2, 0.25) is 0 Å². The van der Waals surface area contributed by atoms with Gasteiger partial charge in [-0.2, -0.15) is 0 Å². The van der Waals surface area contributed by atoms with E-state index in [1.165, 1.54) is 5.56 Å². The molecule has 5 rings (SSSR count). The van der Waals surface area contributed by atoms with Crippen LogP contribution in [0.4, 0.5) is 16.3 Å². The molecular formula is C29H31N5O2. The third-order valence-electron chi connectivity index (χ3n) is 7.01. The quantitative estimate of drug-likeness (QED) is 0.458. The van der Waals surface area contributed by atoms with Crippen LogP contribution in [-0.2, 0) is 6.54 Å². The molecule has 1 aliphatic heterocycles. The van der Waals surface area contributed by atoms with Crippen molar-refractivity contribution in [3.05, 3.63) is 99.3 Å². The number of carbonyl (C=O) groups is 1. The molecule has 2 amide bonds. The van der Waals surface area contributed by atoms with Crippen molar-refractivity contribution in [3.63, 3.8) is 0 Å². The van der Waals surface area contributed by atoms with Crippen LogP contribution < -0.4 is 15.8 Å². The molecular weight excluding hydrogens is 450 g/mol. The third kappa shape index (κ3) is 4.69. The van der Waals surface area contributed by atoms with Crippen molar-refractivity contribution in [1.82, 2.24) is 14.5 Å². The summed E-state index contributed by atoms with van der Waals surface area (Å²) in [7, 11) is 0. The van der Waals surface area contributed by atoms with Crippen LogP contribution in [0.15, 0.2) is 71.5 Å². The first kappa shape index (κ1) is 23.6. The van der Waals surface area contributed by atoms with Gasteiger partial charge in [0.25, 0.3) is 5.56 Å². The minimum atomic E-state index is -0.119. The second kappa shape index (κ2) is 9.85. The smallest absolute Gasteiger partial charge is 0.321 e. The van der Waals surface area contributed by atoms with Gasteiger partial charge in [0.05, 0.1) is 17.6 Å². The number of piperazine rings is 1. The van der Waals surface area contributed by atoms with Gasteiger partial charge in [0.15, 0.2) is 5.82 Å². The Morgan fingerprint density at radius 1 is 0.889 bits per heavy atom. The summed E-state index contributed by atoms with van der Waals surface area (Å²) in [4.78, 5) is 35.1. The number of hydrogen-bond donors (Lipinski definition) is 1. The van der Waals surface area contributed by atoms with Crippen LogP contribution in [0.25, 0.3) is 11.0 Å². The molecule has 0 bridgehead atoms. The van der Waals surface area contributed by atoms with Crippen LogP contribution in [-0.4, -0.2) is 46.7 Å². The van der Waals surface area contributed by atoms with E-state index >= 15 is 0 Å².